The van der Waals surface area contributed by atoms with Crippen LogP contribution in [-0.4, -0.2) is 38.5 Å². The Morgan fingerprint density at radius 2 is 1.50 bits per heavy atom. The van der Waals surface area contributed by atoms with Gasteiger partial charge >= 0.3 is 0 Å². The molecule has 32 heavy (non-hydrogen) atoms. The number of benzene rings is 2. The van der Waals surface area contributed by atoms with Crippen molar-refractivity contribution < 1.29 is 18.9 Å². The average Bonchev–Trinajstić information content (AvgIpc) is 3.21. The van der Waals surface area contributed by atoms with Gasteiger partial charge in [0.1, 0.15) is 0 Å². The van der Waals surface area contributed by atoms with E-state index < -0.39 is 0 Å². The minimum absolute atomic E-state index is 0.00249. The van der Waals surface area contributed by atoms with Gasteiger partial charge in [0, 0.05) is 11.1 Å². The molecule has 4 rings (SSSR count). The van der Waals surface area contributed by atoms with Crippen LogP contribution in [0.5, 0.6) is 23.0 Å². The molecule has 0 N–H and O–H groups in total. The zero-order valence-electron chi connectivity index (χ0n) is 18.8. The number of amidine groups is 1. The standard InChI is InChI=1S/C25H26N2O4S/c1-16-15-27-20(18-8-11-22(29-3)24(13-18)31-5)14-19(26-25(27)32-16)9-6-17-7-10-21(28-2)23(12-17)30-4/h6-15,20H,1-5H3/b9-6+. The maximum absolute atomic E-state index is 5.52. The van der Waals surface area contributed by atoms with Crippen LogP contribution in [0.4, 0.5) is 0 Å². The second kappa shape index (κ2) is 9.44. The predicted octanol–water partition coefficient (Wildman–Crippen LogP) is 5.64. The van der Waals surface area contributed by atoms with Gasteiger partial charge in [0.2, 0.25) is 0 Å². The highest BCUT2D eigenvalue weighted by atomic mass is 32.2. The summed E-state index contributed by atoms with van der Waals surface area (Å²) in [6, 6.07) is 11.8. The second-order valence-corrected chi connectivity index (χ2v) is 8.46. The molecule has 1 unspecified atom stereocenters. The Labute approximate surface area is 192 Å². The van der Waals surface area contributed by atoms with Crippen molar-refractivity contribution in [2.45, 2.75) is 13.0 Å². The van der Waals surface area contributed by atoms with E-state index in [-0.39, 0.29) is 6.04 Å². The van der Waals surface area contributed by atoms with Gasteiger partial charge < -0.3 is 23.8 Å². The quantitative estimate of drug-likeness (QED) is 0.544. The number of fused-ring (bicyclic) bond motifs is 1. The Balaban J connectivity index is 1.68. The molecule has 0 saturated carbocycles. The fourth-order valence-electron chi connectivity index (χ4n) is 3.67. The molecule has 2 heterocycles. The fourth-order valence-corrected chi connectivity index (χ4v) is 4.55. The summed E-state index contributed by atoms with van der Waals surface area (Å²) in [4.78, 5) is 8.24. The fraction of sp³-hybridized carbons (Fsp3) is 0.240. The van der Waals surface area contributed by atoms with E-state index in [4.69, 9.17) is 23.9 Å². The number of hydrogen-bond donors (Lipinski definition) is 0. The van der Waals surface area contributed by atoms with Gasteiger partial charge in [-0.15, -0.1) is 0 Å². The smallest absolute Gasteiger partial charge is 0.173 e. The minimum atomic E-state index is -0.00249. The van der Waals surface area contributed by atoms with Crippen LogP contribution in [0.3, 0.4) is 0 Å². The average molecular weight is 451 g/mol. The lowest BCUT2D eigenvalue weighted by Crippen LogP contribution is -2.27. The summed E-state index contributed by atoms with van der Waals surface area (Å²) in [5.74, 6) is 2.81. The van der Waals surface area contributed by atoms with Gasteiger partial charge in [0.25, 0.3) is 0 Å². The molecular weight excluding hydrogens is 424 g/mol. The number of hydrogen-bond acceptors (Lipinski definition) is 7. The van der Waals surface area contributed by atoms with E-state index in [1.165, 1.54) is 4.91 Å². The summed E-state index contributed by atoms with van der Waals surface area (Å²) in [5.41, 5.74) is 2.99. The van der Waals surface area contributed by atoms with E-state index in [0.717, 1.165) is 22.0 Å². The Bertz CT molecular complexity index is 1140. The molecule has 0 bridgehead atoms. The number of thioether (sulfide) groups is 1. The molecule has 0 spiro atoms. The van der Waals surface area contributed by atoms with Crippen molar-refractivity contribution in [1.29, 1.82) is 0 Å². The van der Waals surface area contributed by atoms with Gasteiger partial charge in [-0.05, 0) is 54.5 Å². The van der Waals surface area contributed by atoms with Crippen LogP contribution in [0.25, 0.3) is 6.08 Å². The first-order valence-corrected chi connectivity index (χ1v) is 10.9. The van der Waals surface area contributed by atoms with Crippen molar-refractivity contribution in [3.05, 3.63) is 76.5 Å². The Morgan fingerprint density at radius 1 is 0.844 bits per heavy atom. The molecule has 0 saturated heterocycles. The summed E-state index contributed by atoms with van der Waals surface area (Å²) in [5, 5.41) is 0.955. The summed E-state index contributed by atoms with van der Waals surface area (Å²) < 4.78 is 21.7. The molecule has 2 aromatic rings. The van der Waals surface area contributed by atoms with Crippen LogP contribution in [0.1, 0.15) is 24.1 Å². The largest absolute Gasteiger partial charge is 0.493 e. The zero-order valence-corrected chi connectivity index (χ0v) is 19.6. The van der Waals surface area contributed by atoms with Crippen molar-refractivity contribution in [2.75, 3.05) is 28.4 Å². The predicted molar refractivity (Wildman–Crippen MR) is 130 cm³/mol. The monoisotopic (exact) mass is 450 g/mol. The third-order valence-corrected chi connectivity index (χ3v) is 6.16. The van der Waals surface area contributed by atoms with Crippen molar-refractivity contribution in [1.82, 2.24) is 4.90 Å². The van der Waals surface area contributed by atoms with Gasteiger partial charge in [0.15, 0.2) is 28.2 Å². The topological polar surface area (TPSA) is 52.5 Å². The van der Waals surface area contributed by atoms with Gasteiger partial charge in [-0.3, -0.25) is 0 Å². The molecule has 7 heteroatoms. The van der Waals surface area contributed by atoms with Crippen LogP contribution in [0.15, 0.2) is 70.3 Å². The van der Waals surface area contributed by atoms with Crippen molar-refractivity contribution in [3.63, 3.8) is 0 Å². The number of methoxy groups -OCH3 is 4. The molecule has 166 valence electrons. The summed E-state index contributed by atoms with van der Waals surface area (Å²) in [6.07, 6.45) is 8.33. The lowest BCUT2D eigenvalue weighted by atomic mass is 10.0. The third-order valence-electron chi connectivity index (χ3n) is 5.25. The highest BCUT2D eigenvalue weighted by Crippen LogP contribution is 2.41. The number of allylic oxidation sites excluding steroid dienone is 2. The number of nitrogens with zero attached hydrogens (tertiary/aromatic N) is 2. The number of rotatable bonds is 7. The van der Waals surface area contributed by atoms with E-state index in [1.807, 2.05) is 42.5 Å². The highest BCUT2D eigenvalue weighted by Gasteiger charge is 2.30. The van der Waals surface area contributed by atoms with E-state index in [0.29, 0.717) is 23.0 Å². The van der Waals surface area contributed by atoms with E-state index >= 15 is 0 Å². The first-order valence-electron chi connectivity index (χ1n) is 10.1. The van der Waals surface area contributed by atoms with Crippen LogP contribution in [-0.2, 0) is 0 Å². The minimum Gasteiger partial charge on any atom is -0.493 e. The zero-order chi connectivity index (χ0) is 22.7. The molecule has 1 atom stereocenters. The van der Waals surface area contributed by atoms with E-state index in [2.05, 4.69) is 30.2 Å². The lowest BCUT2D eigenvalue weighted by molar-refractivity contribution is 0.353. The van der Waals surface area contributed by atoms with Crippen LogP contribution >= 0.6 is 11.8 Å². The van der Waals surface area contributed by atoms with Crippen LogP contribution in [0, 0.1) is 0 Å². The first-order chi connectivity index (χ1) is 15.6. The summed E-state index contributed by atoms with van der Waals surface area (Å²) >= 11 is 1.67. The molecular formula is C25H26N2O4S. The normalized spacial score (nSPS) is 17.5. The summed E-state index contributed by atoms with van der Waals surface area (Å²) in [6.45, 7) is 2.09. The maximum atomic E-state index is 5.52. The molecule has 2 aliphatic rings. The maximum Gasteiger partial charge on any atom is 0.173 e. The van der Waals surface area contributed by atoms with E-state index in [9.17, 15) is 0 Å². The number of aliphatic imine (C=N–C) groups is 1. The summed E-state index contributed by atoms with van der Waals surface area (Å²) in [7, 11) is 6.56. The highest BCUT2D eigenvalue weighted by molar-refractivity contribution is 8.17. The van der Waals surface area contributed by atoms with Crippen LogP contribution < -0.4 is 18.9 Å². The van der Waals surface area contributed by atoms with Gasteiger partial charge in [-0.1, -0.05) is 30.0 Å². The van der Waals surface area contributed by atoms with Gasteiger partial charge in [-0.25, -0.2) is 4.99 Å². The molecule has 0 aliphatic carbocycles. The van der Waals surface area contributed by atoms with E-state index in [1.54, 1.807) is 40.2 Å². The van der Waals surface area contributed by atoms with Gasteiger partial charge in [0.05, 0.1) is 40.2 Å². The Morgan fingerprint density at radius 3 is 2.19 bits per heavy atom. The van der Waals surface area contributed by atoms with Crippen molar-refractivity contribution in [3.8, 4) is 23.0 Å². The van der Waals surface area contributed by atoms with Crippen molar-refractivity contribution >= 4 is 23.0 Å². The van der Waals surface area contributed by atoms with Gasteiger partial charge in [-0.2, -0.15) is 0 Å². The SMILES string of the molecule is COc1ccc(/C=C/C2=CC(c3ccc(OC)c(OC)c3)N3C=C(C)SC3=N2)cc1OC. The second-order valence-electron chi connectivity index (χ2n) is 7.24. The molecule has 0 fully saturated rings. The third kappa shape index (κ3) is 4.34. The molecule has 0 aromatic heterocycles. The number of ether oxygens (including phenoxy) is 4. The Kier molecular flexibility index (Phi) is 6.46. The first kappa shape index (κ1) is 21.9. The molecule has 2 aliphatic heterocycles. The molecule has 2 aromatic carbocycles. The molecule has 0 radical (unpaired) electrons. The lowest BCUT2D eigenvalue weighted by Gasteiger charge is -2.29. The van der Waals surface area contributed by atoms with Crippen molar-refractivity contribution in [2.24, 2.45) is 4.99 Å². The molecule has 0 amide bonds. The molecule has 6 nitrogen and oxygen atoms in total. The van der Waals surface area contributed by atoms with Crippen LogP contribution in [0.2, 0.25) is 0 Å². The Hall–Kier alpha value is -3.32.